The minimum atomic E-state index is -0.311. The lowest BCUT2D eigenvalue weighted by Crippen LogP contribution is -2.19. The Morgan fingerprint density at radius 2 is 1.68 bits per heavy atom. The molecule has 0 saturated carbocycles. The summed E-state index contributed by atoms with van der Waals surface area (Å²) in [6.45, 7) is 0. The summed E-state index contributed by atoms with van der Waals surface area (Å²) in [6.07, 6.45) is 3.90. The van der Waals surface area contributed by atoms with E-state index in [1.807, 2.05) is 24.3 Å². The Bertz CT molecular complexity index is 1090. The first kappa shape index (κ1) is 17.5. The highest BCUT2D eigenvalue weighted by Crippen LogP contribution is 2.18. The monoisotopic (exact) mass is 374 g/mol. The molecule has 0 aliphatic carbocycles. The number of methoxy groups -OCH3 is 1. The number of H-pyrrole nitrogens is 1. The second kappa shape index (κ2) is 7.75. The van der Waals surface area contributed by atoms with Gasteiger partial charge < -0.3 is 15.4 Å². The van der Waals surface area contributed by atoms with Gasteiger partial charge in [-0.2, -0.15) is 5.10 Å². The molecule has 4 rings (SSSR count). The lowest BCUT2D eigenvalue weighted by Gasteiger charge is -2.09. The second-order valence-corrected chi connectivity index (χ2v) is 6.13. The van der Waals surface area contributed by atoms with Gasteiger partial charge in [-0.1, -0.05) is 12.1 Å². The molecule has 28 heavy (non-hydrogen) atoms. The Morgan fingerprint density at radius 3 is 2.36 bits per heavy atom. The van der Waals surface area contributed by atoms with E-state index in [1.165, 1.54) is 6.33 Å². The Morgan fingerprint density at radius 1 is 1.00 bits per heavy atom. The van der Waals surface area contributed by atoms with Crippen LogP contribution in [0.15, 0.2) is 61.1 Å². The molecule has 0 aliphatic rings. The van der Waals surface area contributed by atoms with Gasteiger partial charge in [-0.05, 0) is 42.0 Å². The predicted octanol–water partition coefficient (Wildman–Crippen LogP) is 3.60. The maximum Gasteiger partial charge on any atom is 0.323 e. The first-order valence-corrected chi connectivity index (χ1v) is 8.65. The van der Waals surface area contributed by atoms with E-state index in [9.17, 15) is 4.79 Å². The van der Waals surface area contributed by atoms with Gasteiger partial charge in [-0.25, -0.2) is 14.8 Å². The highest BCUT2D eigenvalue weighted by Gasteiger charge is 2.07. The van der Waals surface area contributed by atoms with Crippen LogP contribution in [0.25, 0.3) is 11.0 Å². The Hall–Kier alpha value is -3.94. The number of rotatable bonds is 5. The van der Waals surface area contributed by atoms with E-state index in [1.54, 1.807) is 37.6 Å². The van der Waals surface area contributed by atoms with Gasteiger partial charge in [0.25, 0.3) is 0 Å². The van der Waals surface area contributed by atoms with Gasteiger partial charge in [0.05, 0.1) is 24.4 Å². The number of amides is 2. The standard InChI is InChI=1S/C20H18N6O2/c1-28-16-8-6-15(7-9-16)25-20(27)24-14-4-2-13(3-5-14)10-18-17-11-23-26-19(17)22-12-21-18/h2-9,11-12H,10H2,1H3,(H2,24,25,27)(H,21,22,23,26). The van der Waals surface area contributed by atoms with E-state index < -0.39 is 0 Å². The largest absolute Gasteiger partial charge is 0.497 e. The molecule has 0 fully saturated rings. The van der Waals surface area contributed by atoms with E-state index in [0.717, 1.165) is 28.0 Å². The minimum absolute atomic E-state index is 0.311. The Kier molecular flexibility index (Phi) is 4.83. The van der Waals surface area contributed by atoms with Crippen molar-refractivity contribution >= 4 is 28.4 Å². The summed E-state index contributed by atoms with van der Waals surface area (Å²) in [4.78, 5) is 20.6. The molecule has 0 bridgehead atoms. The molecule has 2 heterocycles. The number of hydrogen-bond acceptors (Lipinski definition) is 5. The van der Waals surface area contributed by atoms with Crippen molar-refractivity contribution in [3.05, 3.63) is 72.3 Å². The van der Waals surface area contributed by atoms with Crippen molar-refractivity contribution in [2.45, 2.75) is 6.42 Å². The van der Waals surface area contributed by atoms with Crippen LogP contribution in [0.2, 0.25) is 0 Å². The number of anilines is 2. The van der Waals surface area contributed by atoms with Gasteiger partial charge in [0.1, 0.15) is 12.1 Å². The van der Waals surface area contributed by atoms with Crippen LogP contribution in [-0.2, 0) is 6.42 Å². The number of fused-ring (bicyclic) bond motifs is 1. The van der Waals surface area contributed by atoms with Crippen molar-refractivity contribution in [3.8, 4) is 5.75 Å². The summed E-state index contributed by atoms with van der Waals surface area (Å²) in [5, 5.41) is 13.3. The molecule has 0 atom stereocenters. The summed E-state index contributed by atoms with van der Waals surface area (Å²) in [5.41, 5.74) is 4.08. The lowest BCUT2D eigenvalue weighted by atomic mass is 10.1. The fourth-order valence-electron chi connectivity index (χ4n) is 2.82. The maximum atomic E-state index is 12.1. The Balaban J connectivity index is 1.38. The topological polar surface area (TPSA) is 105 Å². The summed E-state index contributed by atoms with van der Waals surface area (Å²) in [5.74, 6) is 0.734. The molecule has 8 nitrogen and oxygen atoms in total. The SMILES string of the molecule is COc1ccc(NC(=O)Nc2ccc(Cc3ncnc4[nH]ncc34)cc2)cc1. The number of hydrogen-bond donors (Lipinski definition) is 3. The normalized spacial score (nSPS) is 10.6. The number of carbonyl (C=O) groups is 1. The molecule has 0 aliphatic heterocycles. The molecule has 8 heteroatoms. The average molecular weight is 374 g/mol. The van der Waals surface area contributed by atoms with Gasteiger partial charge in [0, 0.05) is 17.8 Å². The number of benzene rings is 2. The zero-order chi connectivity index (χ0) is 19.3. The third kappa shape index (κ3) is 3.90. The highest BCUT2D eigenvalue weighted by atomic mass is 16.5. The molecule has 0 radical (unpaired) electrons. The van der Waals surface area contributed by atoms with Crippen LogP contribution >= 0.6 is 0 Å². The first-order valence-electron chi connectivity index (χ1n) is 8.65. The van der Waals surface area contributed by atoms with Crippen molar-refractivity contribution in [2.24, 2.45) is 0 Å². The Labute approximate surface area is 161 Å². The fraction of sp³-hybridized carbons (Fsp3) is 0.100. The van der Waals surface area contributed by atoms with Crippen molar-refractivity contribution in [3.63, 3.8) is 0 Å². The summed E-state index contributed by atoms with van der Waals surface area (Å²) >= 11 is 0. The quantitative estimate of drug-likeness (QED) is 0.495. The van der Waals surface area contributed by atoms with Crippen LogP contribution in [0.1, 0.15) is 11.3 Å². The first-order chi connectivity index (χ1) is 13.7. The van der Waals surface area contributed by atoms with Crippen LogP contribution in [0, 0.1) is 0 Å². The van der Waals surface area contributed by atoms with E-state index >= 15 is 0 Å². The van der Waals surface area contributed by atoms with Crippen LogP contribution < -0.4 is 15.4 Å². The number of ether oxygens (including phenoxy) is 1. The van der Waals surface area contributed by atoms with Gasteiger partial charge in [-0.3, -0.25) is 5.10 Å². The smallest absolute Gasteiger partial charge is 0.323 e. The van der Waals surface area contributed by atoms with Crippen LogP contribution in [-0.4, -0.2) is 33.3 Å². The van der Waals surface area contributed by atoms with Crippen LogP contribution in [0.4, 0.5) is 16.2 Å². The maximum absolute atomic E-state index is 12.1. The summed E-state index contributed by atoms with van der Waals surface area (Å²) in [7, 11) is 1.60. The number of nitrogens with one attached hydrogen (secondary N) is 3. The number of nitrogens with zero attached hydrogens (tertiary/aromatic N) is 3. The van der Waals surface area contributed by atoms with Gasteiger partial charge in [0.2, 0.25) is 0 Å². The number of aromatic nitrogens is 4. The molecule has 2 aromatic carbocycles. The zero-order valence-electron chi connectivity index (χ0n) is 15.1. The third-order valence-electron chi connectivity index (χ3n) is 4.26. The zero-order valence-corrected chi connectivity index (χ0v) is 15.1. The highest BCUT2D eigenvalue weighted by molar-refractivity contribution is 5.99. The van der Waals surface area contributed by atoms with Gasteiger partial charge in [-0.15, -0.1) is 0 Å². The number of aromatic amines is 1. The van der Waals surface area contributed by atoms with Crippen molar-refractivity contribution in [1.82, 2.24) is 20.2 Å². The molecule has 2 amide bonds. The van der Waals surface area contributed by atoms with Crippen LogP contribution in [0.3, 0.4) is 0 Å². The predicted molar refractivity (Wildman–Crippen MR) is 107 cm³/mol. The van der Waals surface area contributed by atoms with Crippen molar-refractivity contribution in [1.29, 1.82) is 0 Å². The van der Waals surface area contributed by atoms with Crippen molar-refractivity contribution < 1.29 is 9.53 Å². The van der Waals surface area contributed by atoms with E-state index in [0.29, 0.717) is 17.8 Å². The molecule has 3 N–H and O–H groups in total. The lowest BCUT2D eigenvalue weighted by molar-refractivity contribution is 0.262. The molecule has 0 saturated heterocycles. The van der Waals surface area contributed by atoms with E-state index in [4.69, 9.17) is 4.74 Å². The molecule has 4 aromatic rings. The fourth-order valence-corrected chi connectivity index (χ4v) is 2.82. The van der Waals surface area contributed by atoms with Gasteiger partial charge in [0.15, 0.2) is 5.65 Å². The van der Waals surface area contributed by atoms with Crippen molar-refractivity contribution in [2.75, 3.05) is 17.7 Å². The summed E-state index contributed by atoms with van der Waals surface area (Å²) < 4.78 is 5.10. The number of urea groups is 1. The third-order valence-corrected chi connectivity index (χ3v) is 4.26. The second-order valence-electron chi connectivity index (χ2n) is 6.13. The number of carbonyl (C=O) groups excluding carboxylic acids is 1. The van der Waals surface area contributed by atoms with E-state index in [2.05, 4.69) is 30.8 Å². The molecule has 0 unspecified atom stereocenters. The molecule has 0 spiro atoms. The molecule has 140 valence electrons. The van der Waals surface area contributed by atoms with E-state index in [-0.39, 0.29) is 6.03 Å². The molecular weight excluding hydrogens is 356 g/mol. The average Bonchev–Trinajstić information content (AvgIpc) is 3.20. The summed E-state index contributed by atoms with van der Waals surface area (Å²) in [6, 6.07) is 14.4. The van der Waals surface area contributed by atoms with Gasteiger partial charge >= 0.3 is 6.03 Å². The molecular formula is C20H18N6O2. The minimum Gasteiger partial charge on any atom is -0.497 e. The molecule has 2 aromatic heterocycles. The van der Waals surface area contributed by atoms with Crippen LogP contribution in [0.5, 0.6) is 5.75 Å².